The van der Waals surface area contributed by atoms with Crippen molar-refractivity contribution in [1.82, 2.24) is 4.98 Å². The summed E-state index contributed by atoms with van der Waals surface area (Å²) in [5.41, 5.74) is 3.07. The van der Waals surface area contributed by atoms with Crippen molar-refractivity contribution in [2.75, 3.05) is 5.75 Å². The first-order valence-electron chi connectivity index (χ1n) is 5.92. The zero-order valence-corrected chi connectivity index (χ0v) is 12.1. The van der Waals surface area contributed by atoms with Crippen LogP contribution in [0.3, 0.4) is 0 Å². The van der Waals surface area contributed by atoms with Gasteiger partial charge in [0, 0.05) is 21.7 Å². The number of hydrogen-bond acceptors (Lipinski definition) is 2. The van der Waals surface area contributed by atoms with Gasteiger partial charge in [-0.1, -0.05) is 30.7 Å². The molecule has 1 N–H and O–H groups in total. The summed E-state index contributed by atoms with van der Waals surface area (Å²) in [6.45, 7) is 2.07. The van der Waals surface area contributed by atoms with Gasteiger partial charge in [0.1, 0.15) is 0 Å². The number of thioether (sulfide) groups is 1. The van der Waals surface area contributed by atoms with E-state index in [0.29, 0.717) is 0 Å². The Hall–Kier alpha value is -1.63. The van der Waals surface area contributed by atoms with Crippen molar-refractivity contribution in [3.63, 3.8) is 0 Å². The molecule has 0 atom stereocenters. The fourth-order valence-corrected chi connectivity index (χ4v) is 2.60. The lowest BCUT2D eigenvalue weighted by Gasteiger charge is -2.02. The van der Waals surface area contributed by atoms with Crippen LogP contribution in [-0.4, -0.2) is 10.7 Å². The van der Waals surface area contributed by atoms with Crippen LogP contribution in [0.1, 0.15) is 12.6 Å². The molecule has 0 bridgehead atoms. The lowest BCUT2D eigenvalue weighted by Crippen LogP contribution is -1.82. The number of nitrogens with zero attached hydrogens (tertiary/aromatic N) is 1. The van der Waals surface area contributed by atoms with Gasteiger partial charge in [0.25, 0.3) is 0 Å². The van der Waals surface area contributed by atoms with E-state index >= 15 is 0 Å². The molecule has 0 aliphatic rings. The second kappa shape index (κ2) is 6.51. The highest BCUT2D eigenvalue weighted by atomic mass is 35.5. The number of rotatable bonds is 4. The van der Waals surface area contributed by atoms with Crippen LogP contribution in [0.25, 0.3) is 16.2 Å². The van der Waals surface area contributed by atoms with Crippen molar-refractivity contribution in [2.24, 2.45) is 0 Å². The van der Waals surface area contributed by atoms with Gasteiger partial charge in [0.15, 0.2) is 0 Å². The lowest BCUT2D eigenvalue weighted by molar-refractivity contribution is 1.36. The maximum Gasteiger partial charge on any atom is 0.0924 e. The predicted octanol–water partition coefficient (Wildman–Crippen LogP) is 4.95. The van der Waals surface area contributed by atoms with E-state index in [4.69, 9.17) is 16.9 Å². The molecule has 0 aliphatic heterocycles. The summed E-state index contributed by atoms with van der Waals surface area (Å²) in [5.74, 6) is 0.933. The summed E-state index contributed by atoms with van der Waals surface area (Å²) in [5, 5.41) is 9.53. The summed E-state index contributed by atoms with van der Waals surface area (Å²) in [4.78, 5) is 4.30. The molecule has 2 rings (SSSR count). The number of nitriles is 1. The molecule has 1 aromatic carbocycles. The van der Waals surface area contributed by atoms with E-state index in [1.807, 2.05) is 36.4 Å². The first-order chi connectivity index (χ1) is 9.24. The van der Waals surface area contributed by atoms with Gasteiger partial charge in [0.2, 0.25) is 0 Å². The first-order valence-corrected chi connectivity index (χ1v) is 7.29. The van der Waals surface area contributed by atoms with E-state index in [1.54, 1.807) is 17.8 Å². The average Bonchev–Trinajstić information content (AvgIpc) is 2.89. The van der Waals surface area contributed by atoms with Crippen molar-refractivity contribution in [3.8, 4) is 17.3 Å². The van der Waals surface area contributed by atoms with Crippen molar-refractivity contribution in [3.05, 3.63) is 53.2 Å². The second-order valence-corrected chi connectivity index (χ2v) is 5.61. The maximum atomic E-state index is 8.81. The molecule has 1 heterocycles. The van der Waals surface area contributed by atoms with Gasteiger partial charge in [0.05, 0.1) is 11.8 Å². The number of aromatic amines is 1. The minimum atomic E-state index is 0.724. The summed E-state index contributed by atoms with van der Waals surface area (Å²) < 4.78 is 0. The van der Waals surface area contributed by atoms with Gasteiger partial charge >= 0.3 is 0 Å². The fraction of sp³-hybridized carbons (Fsp3) is 0.133. The standard InChI is InChI=1S/C15H13ClN2S/c1-2-19-15(9-10-17)14-8-7-13(18-14)11-3-5-12(16)6-4-11/h3-9,18H,2H2,1H3/b15-9+. The van der Waals surface area contributed by atoms with Crippen LogP contribution in [0.4, 0.5) is 0 Å². The Kier molecular flexibility index (Phi) is 4.73. The average molecular weight is 289 g/mol. The van der Waals surface area contributed by atoms with Gasteiger partial charge in [-0.05, 0) is 35.6 Å². The Morgan fingerprint density at radius 1 is 1.32 bits per heavy atom. The molecule has 0 fully saturated rings. The molecule has 0 amide bonds. The van der Waals surface area contributed by atoms with Gasteiger partial charge in [-0.2, -0.15) is 5.26 Å². The fourth-order valence-electron chi connectivity index (χ4n) is 1.75. The minimum Gasteiger partial charge on any atom is -0.354 e. The highest BCUT2D eigenvalue weighted by molar-refractivity contribution is 8.08. The molecular weight excluding hydrogens is 276 g/mol. The number of hydrogen-bond donors (Lipinski definition) is 1. The topological polar surface area (TPSA) is 39.6 Å². The number of H-pyrrole nitrogens is 1. The SMILES string of the molecule is CCS/C(=C/C#N)c1ccc(-c2ccc(Cl)cc2)[nH]1. The Morgan fingerprint density at radius 3 is 2.68 bits per heavy atom. The van der Waals surface area contributed by atoms with Crippen LogP contribution in [-0.2, 0) is 0 Å². The maximum absolute atomic E-state index is 8.81. The molecular formula is C15H13ClN2S. The molecule has 0 radical (unpaired) electrons. The molecule has 0 aliphatic carbocycles. The normalized spacial score (nSPS) is 11.3. The Bertz CT molecular complexity index is 620. The third-order valence-electron chi connectivity index (χ3n) is 2.60. The molecule has 2 nitrogen and oxygen atoms in total. The van der Waals surface area contributed by atoms with E-state index in [1.165, 1.54) is 0 Å². The summed E-state index contributed by atoms with van der Waals surface area (Å²) >= 11 is 7.53. The van der Waals surface area contributed by atoms with Crippen molar-refractivity contribution >= 4 is 28.3 Å². The third kappa shape index (κ3) is 3.44. The molecule has 1 aromatic heterocycles. The quantitative estimate of drug-likeness (QED) is 0.808. The smallest absolute Gasteiger partial charge is 0.0924 e. The highest BCUT2D eigenvalue weighted by Crippen LogP contribution is 2.29. The molecule has 4 heteroatoms. The van der Waals surface area contributed by atoms with Gasteiger partial charge < -0.3 is 4.98 Å². The number of nitrogens with one attached hydrogen (secondary N) is 1. The van der Waals surface area contributed by atoms with Crippen LogP contribution in [0, 0.1) is 11.3 Å². The van der Waals surface area contributed by atoms with Crippen LogP contribution >= 0.6 is 23.4 Å². The second-order valence-electron chi connectivity index (χ2n) is 3.86. The van der Waals surface area contributed by atoms with E-state index in [0.717, 1.165) is 32.6 Å². The Labute approximate surface area is 122 Å². The van der Waals surface area contributed by atoms with Gasteiger partial charge in [-0.15, -0.1) is 11.8 Å². The summed E-state index contributed by atoms with van der Waals surface area (Å²) in [7, 11) is 0. The van der Waals surface area contributed by atoms with Gasteiger partial charge in [-0.25, -0.2) is 0 Å². The molecule has 96 valence electrons. The van der Waals surface area contributed by atoms with Crippen LogP contribution in [0.5, 0.6) is 0 Å². The molecule has 2 aromatic rings. The molecule has 0 unspecified atom stereocenters. The Morgan fingerprint density at radius 2 is 2.05 bits per heavy atom. The number of benzene rings is 1. The summed E-state index contributed by atoms with van der Waals surface area (Å²) in [6, 6.07) is 13.8. The number of allylic oxidation sites excluding steroid dienone is 1. The highest BCUT2D eigenvalue weighted by Gasteiger charge is 2.06. The van der Waals surface area contributed by atoms with E-state index in [9.17, 15) is 0 Å². The zero-order valence-electron chi connectivity index (χ0n) is 10.5. The Balaban J connectivity index is 2.30. The van der Waals surface area contributed by atoms with E-state index in [-0.39, 0.29) is 0 Å². The van der Waals surface area contributed by atoms with Crippen LogP contribution < -0.4 is 0 Å². The first kappa shape index (κ1) is 13.8. The minimum absolute atomic E-state index is 0.724. The number of halogens is 1. The van der Waals surface area contributed by atoms with Crippen molar-refractivity contribution in [2.45, 2.75) is 6.92 Å². The van der Waals surface area contributed by atoms with E-state index in [2.05, 4.69) is 18.0 Å². The summed E-state index contributed by atoms with van der Waals surface area (Å²) in [6.07, 6.45) is 1.58. The van der Waals surface area contributed by atoms with Crippen LogP contribution in [0.2, 0.25) is 5.02 Å². The van der Waals surface area contributed by atoms with E-state index < -0.39 is 0 Å². The van der Waals surface area contributed by atoms with Crippen molar-refractivity contribution in [1.29, 1.82) is 5.26 Å². The molecule has 19 heavy (non-hydrogen) atoms. The largest absolute Gasteiger partial charge is 0.354 e. The molecule has 0 saturated carbocycles. The van der Waals surface area contributed by atoms with Gasteiger partial charge in [-0.3, -0.25) is 0 Å². The zero-order chi connectivity index (χ0) is 13.7. The van der Waals surface area contributed by atoms with Crippen LogP contribution in [0.15, 0.2) is 42.5 Å². The lowest BCUT2D eigenvalue weighted by atomic mass is 10.2. The van der Waals surface area contributed by atoms with Crippen molar-refractivity contribution < 1.29 is 0 Å². The predicted molar refractivity (Wildman–Crippen MR) is 83.0 cm³/mol. The molecule has 0 spiro atoms. The molecule has 0 saturated heterocycles. The monoisotopic (exact) mass is 288 g/mol. The number of aromatic nitrogens is 1. The third-order valence-corrected chi connectivity index (χ3v) is 3.79.